The number of rotatable bonds is 3. The lowest BCUT2D eigenvalue weighted by Crippen LogP contribution is -2.61. The zero-order valence-corrected chi connectivity index (χ0v) is 12.5. The molecule has 20 heavy (non-hydrogen) atoms. The summed E-state index contributed by atoms with van der Waals surface area (Å²) in [7, 11) is 0. The molecular formula is C15H27F3N2. The highest BCUT2D eigenvalue weighted by molar-refractivity contribution is 4.92. The zero-order chi connectivity index (χ0) is 14.8. The van der Waals surface area contributed by atoms with Crippen molar-refractivity contribution in [2.75, 3.05) is 19.6 Å². The van der Waals surface area contributed by atoms with E-state index in [1.807, 2.05) is 13.8 Å². The number of halogens is 3. The van der Waals surface area contributed by atoms with Gasteiger partial charge in [-0.3, -0.25) is 4.90 Å². The van der Waals surface area contributed by atoms with Crippen LogP contribution < -0.4 is 5.32 Å². The van der Waals surface area contributed by atoms with Gasteiger partial charge < -0.3 is 5.32 Å². The molecule has 0 aromatic carbocycles. The van der Waals surface area contributed by atoms with Gasteiger partial charge in [-0.25, -0.2) is 0 Å². The van der Waals surface area contributed by atoms with Gasteiger partial charge in [-0.15, -0.1) is 0 Å². The lowest BCUT2D eigenvalue weighted by atomic mass is 9.82. The lowest BCUT2D eigenvalue weighted by Gasteiger charge is -2.45. The summed E-state index contributed by atoms with van der Waals surface area (Å²) in [6.45, 7) is 4.50. The Hall–Kier alpha value is -0.290. The molecule has 0 radical (unpaired) electrons. The third-order valence-corrected chi connectivity index (χ3v) is 4.86. The highest BCUT2D eigenvalue weighted by Crippen LogP contribution is 2.30. The van der Waals surface area contributed by atoms with E-state index >= 15 is 0 Å². The van der Waals surface area contributed by atoms with Crippen LogP contribution >= 0.6 is 0 Å². The molecule has 0 bridgehead atoms. The van der Waals surface area contributed by atoms with Crippen molar-refractivity contribution in [3.8, 4) is 0 Å². The van der Waals surface area contributed by atoms with Gasteiger partial charge in [-0.05, 0) is 24.7 Å². The number of hydrogen-bond donors (Lipinski definition) is 1. The number of piperazine rings is 1. The van der Waals surface area contributed by atoms with E-state index in [4.69, 9.17) is 0 Å². The summed E-state index contributed by atoms with van der Waals surface area (Å²) in [5.41, 5.74) is 0. The second kappa shape index (κ2) is 6.65. The number of alkyl halides is 3. The van der Waals surface area contributed by atoms with Crippen LogP contribution in [0.3, 0.4) is 0 Å². The molecule has 0 aromatic heterocycles. The largest absolute Gasteiger partial charge is 0.401 e. The topological polar surface area (TPSA) is 15.3 Å². The van der Waals surface area contributed by atoms with Crippen molar-refractivity contribution in [3.05, 3.63) is 0 Å². The smallest absolute Gasteiger partial charge is 0.311 e. The molecule has 1 saturated carbocycles. The van der Waals surface area contributed by atoms with Crippen LogP contribution in [0.2, 0.25) is 0 Å². The average Bonchev–Trinajstić information content (AvgIpc) is 2.37. The minimum atomic E-state index is -4.10. The predicted molar refractivity (Wildman–Crippen MR) is 74.6 cm³/mol. The highest BCUT2D eigenvalue weighted by atomic mass is 19.4. The van der Waals surface area contributed by atoms with Crippen molar-refractivity contribution < 1.29 is 13.2 Å². The summed E-state index contributed by atoms with van der Waals surface area (Å²) in [5.74, 6) is 0.810. The van der Waals surface area contributed by atoms with Gasteiger partial charge in [0.2, 0.25) is 0 Å². The van der Waals surface area contributed by atoms with Gasteiger partial charge >= 0.3 is 6.18 Å². The molecule has 2 unspecified atom stereocenters. The molecule has 1 N–H and O–H groups in total. The first-order valence-electron chi connectivity index (χ1n) is 7.91. The van der Waals surface area contributed by atoms with Gasteiger partial charge in [-0.2, -0.15) is 13.2 Å². The first kappa shape index (κ1) is 16.1. The molecule has 0 spiro atoms. The SMILES string of the molecule is CC(C)C1CNC(C2CCCCC2)CN1CC(F)(F)F. The van der Waals surface area contributed by atoms with E-state index in [2.05, 4.69) is 5.32 Å². The maximum absolute atomic E-state index is 12.8. The summed E-state index contributed by atoms with van der Waals surface area (Å²) in [6.07, 6.45) is 1.99. The van der Waals surface area contributed by atoms with Crippen molar-refractivity contribution in [2.45, 2.75) is 64.2 Å². The fraction of sp³-hybridized carbons (Fsp3) is 1.00. The summed E-state index contributed by atoms with van der Waals surface area (Å²) in [6, 6.07) is 0.240. The predicted octanol–water partition coefficient (Wildman–Crippen LogP) is 3.43. The van der Waals surface area contributed by atoms with Crippen LogP contribution in [0.25, 0.3) is 0 Å². The Morgan fingerprint density at radius 1 is 1.15 bits per heavy atom. The van der Waals surface area contributed by atoms with E-state index in [-0.39, 0.29) is 18.0 Å². The second-order valence-electron chi connectivity index (χ2n) is 6.77. The summed E-state index contributed by atoms with van der Waals surface area (Å²) < 4.78 is 38.4. The summed E-state index contributed by atoms with van der Waals surface area (Å²) >= 11 is 0. The number of hydrogen-bond acceptors (Lipinski definition) is 2. The summed E-state index contributed by atoms with van der Waals surface area (Å²) in [4.78, 5) is 1.67. The molecule has 1 aliphatic carbocycles. The first-order valence-corrected chi connectivity index (χ1v) is 7.91. The number of nitrogens with zero attached hydrogens (tertiary/aromatic N) is 1. The van der Waals surface area contributed by atoms with Gasteiger partial charge in [0, 0.05) is 25.2 Å². The van der Waals surface area contributed by atoms with Crippen LogP contribution in [-0.2, 0) is 0 Å². The Morgan fingerprint density at radius 2 is 1.80 bits per heavy atom. The van der Waals surface area contributed by atoms with E-state index in [0.29, 0.717) is 19.0 Å². The molecule has 2 nitrogen and oxygen atoms in total. The quantitative estimate of drug-likeness (QED) is 0.857. The van der Waals surface area contributed by atoms with Gasteiger partial charge in [-0.1, -0.05) is 33.1 Å². The highest BCUT2D eigenvalue weighted by Gasteiger charge is 2.39. The molecule has 1 saturated heterocycles. The second-order valence-corrected chi connectivity index (χ2v) is 6.77. The first-order chi connectivity index (χ1) is 9.37. The van der Waals surface area contributed by atoms with E-state index < -0.39 is 12.7 Å². The van der Waals surface area contributed by atoms with Gasteiger partial charge in [0.05, 0.1) is 6.54 Å². The van der Waals surface area contributed by atoms with Crippen molar-refractivity contribution in [1.82, 2.24) is 10.2 Å². The van der Waals surface area contributed by atoms with Crippen LogP contribution in [0.4, 0.5) is 13.2 Å². The molecule has 2 rings (SSSR count). The standard InChI is InChI=1S/C15H27F3N2/c1-11(2)14-8-19-13(12-6-4-3-5-7-12)9-20(14)10-15(16,17)18/h11-14,19H,3-10H2,1-2H3. The molecule has 2 fully saturated rings. The molecular weight excluding hydrogens is 265 g/mol. The van der Waals surface area contributed by atoms with E-state index in [1.54, 1.807) is 4.90 Å². The van der Waals surface area contributed by atoms with E-state index in [0.717, 1.165) is 0 Å². The Balaban J connectivity index is 1.99. The monoisotopic (exact) mass is 292 g/mol. The Kier molecular flexibility index (Phi) is 5.35. The third kappa shape index (κ3) is 4.35. The van der Waals surface area contributed by atoms with Gasteiger partial charge in [0.1, 0.15) is 0 Å². The zero-order valence-electron chi connectivity index (χ0n) is 12.5. The molecule has 0 aromatic rings. The lowest BCUT2D eigenvalue weighted by molar-refractivity contribution is -0.157. The maximum Gasteiger partial charge on any atom is 0.401 e. The molecule has 1 heterocycles. The van der Waals surface area contributed by atoms with Crippen LogP contribution in [0.5, 0.6) is 0 Å². The fourth-order valence-electron chi connectivity index (χ4n) is 3.78. The van der Waals surface area contributed by atoms with Crippen molar-refractivity contribution in [1.29, 1.82) is 0 Å². The van der Waals surface area contributed by atoms with Gasteiger partial charge in [0.15, 0.2) is 0 Å². The number of nitrogens with one attached hydrogen (secondary N) is 1. The maximum atomic E-state index is 12.8. The average molecular weight is 292 g/mol. The molecule has 118 valence electrons. The van der Waals surface area contributed by atoms with Crippen LogP contribution in [0.15, 0.2) is 0 Å². The van der Waals surface area contributed by atoms with Crippen LogP contribution in [0, 0.1) is 11.8 Å². The molecule has 2 aliphatic rings. The summed E-state index contributed by atoms with van der Waals surface area (Å²) in [5, 5.41) is 3.53. The normalized spacial score (nSPS) is 30.9. The van der Waals surface area contributed by atoms with E-state index in [9.17, 15) is 13.2 Å². The van der Waals surface area contributed by atoms with Crippen LogP contribution in [-0.4, -0.2) is 42.8 Å². The minimum absolute atomic E-state index is 0.00327. The van der Waals surface area contributed by atoms with Crippen molar-refractivity contribution >= 4 is 0 Å². The molecule has 2 atom stereocenters. The third-order valence-electron chi connectivity index (χ3n) is 4.86. The Bertz CT molecular complexity index is 298. The van der Waals surface area contributed by atoms with Crippen LogP contribution in [0.1, 0.15) is 46.0 Å². The fourth-order valence-corrected chi connectivity index (χ4v) is 3.78. The van der Waals surface area contributed by atoms with E-state index in [1.165, 1.54) is 32.1 Å². The Labute approximate surface area is 120 Å². The molecule has 5 heteroatoms. The van der Waals surface area contributed by atoms with Crippen molar-refractivity contribution in [2.24, 2.45) is 11.8 Å². The Morgan fingerprint density at radius 3 is 2.35 bits per heavy atom. The minimum Gasteiger partial charge on any atom is -0.311 e. The van der Waals surface area contributed by atoms with Crippen molar-refractivity contribution in [3.63, 3.8) is 0 Å². The molecule has 1 aliphatic heterocycles. The molecule has 0 amide bonds. The van der Waals surface area contributed by atoms with Gasteiger partial charge in [0.25, 0.3) is 0 Å².